The molecule has 0 spiro atoms. The number of nitrogens with one attached hydrogen (secondary N) is 1. The van der Waals surface area contributed by atoms with Gasteiger partial charge in [0.15, 0.2) is 0 Å². The molecule has 118 valence electrons. The second-order valence-electron chi connectivity index (χ2n) is 6.01. The van der Waals surface area contributed by atoms with Crippen molar-refractivity contribution in [3.05, 3.63) is 17.2 Å². The maximum Gasteiger partial charge on any atom is 0.323 e. The Morgan fingerprint density at radius 2 is 2.14 bits per heavy atom. The monoisotopic (exact) mass is 293 g/mol. The summed E-state index contributed by atoms with van der Waals surface area (Å²) in [5, 5.41) is 12.4. The van der Waals surface area contributed by atoms with Gasteiger partial charge in [0.2, 0.25) is 0 Å². The number of aryl methyl sites for hydroxylation is 2. The number of hydrogen-bond donors (Lipinski definition) is 2. The Kier molecular flexibility index (Phi) is 5.04. The summed E-state index contributed by atoms with van der Waals surface area (Å²) >= 11 is 0. The van der Waals surface area contributed by atoms with E-state index in [-0.39, 0.29) is 0 Å². The van der Waals surface area contributed by atoms with Gasteiger partial charge in [-0.25, -0.2) is 4.98 Å². The van der Waals surface area contributed by atoms with Gasteiger partial charge < -0.3 is 15.0 Å². The lowest BCUT2D eigenvalue weighted by Crippen LogP contribution is -2.49. The Bertz CT molecular complexity index is 504. The summed E-state index contributed by atoms with van der Waals surface area (Å²) in [7, 11) is 1.74. The van der Waals surface area contributed by atoms with E-state index in [9.17, 15) is 9.90 Å². The minimum Gasteiger partial charge on any atom is -0.480 e. The van der Waals surface area contributed by atoms with Gasteiger partial charge in [-0.2, -0.15) is 0 Å². The number of carboxylic acids is 1. The molecule has 0 radical (unpaired) electrons. The average molecular weight is 293 g/mol. The Morgan fingerprint density at radius 1 is 1.43 bits per heavy atom. The van der Waals surface area contributed by atoms with Crippen molar-refractivity contribution in [2.45, 2.75) is 70.9 Å². The van der Waals surface area contributed by atoms with Crippen molar-refractivity contribution < 1.29 is 9.90 Å². The molecular weight excluding hydrogens is 266 g/mol. The first-order chi connectivity index (χ1) is 10.0. The predicted octanol–water partition coefficient (Wildman–Crippen LogP) is 2.30. The predicted molar refractivity (Wildman–Crippen MR) is 82.6 cm³/mol. The van der Waals surface area contributed by atoms with Gasteiger partial charge >= 0.3 is 5.97 Å². The lowest BCUT2D eigenvalue weighted by molar-refractivity contribution is -0.145. The van der Waals surface area contributed by atoms with Crippen LogP contribution in [0.1, 0.15) is 56.2 Å². The summed E-state index contributed by atoms with van der Waals surface area (Å²) in [5.41, 5.74) is 1.84. The van der Waals surface area contributed by atoms with Gasteiger partial charge in [-0.05, 0) is 58.9 Å². The molecule has 1 unspecified atom stereocenters. The van der Waals surface area contributed by atoms with Crippen molar-refractivity contribution in [3.63, 3.8) is 0 Å². The maximum atomic E-state index is 11.5. The highest BCUT2D eigenvalue weighted by Gasteiger charge is 2.34. The zero-order valence-electron chi connectivity index (χ0n) is 13.4. The largest absolute Gasteiger partial charge is 0.480 e. The van der Waals surface area contributed by atoms with Gasteiger partial charge in [0.05, 0.1) is 5.69 Å². The first kappa shape index (κ1) is 16.0. The lowest BCUT2D eigenvalue weighted by atomic mass is 9.90. The Labute approximate surface area is 126 Å². The van der Waals surface area contributed by atoms with Crippen LogP contribution in [0.2, 0.25) is 0 Å². The van der Waals surface area contributed by atoms with E-state index >= 15 is 0 Å². The topological polar surface area (TPSA) is 67.2 Å². The number of carbonyl (C=O) groups is 1. The average Bonchev–Trinajstić information content (AvgIpc) is 2.79. The van der Waals surface area contributed by atoms with E-state index in [1.807, 2.05) is 6.92 Å². The van der Waals surface area contributed by atoms with Crippen LogP contribution >= 0.6 is 0 Å². The first-order valence-corrected chi connectivity index (χ1v) is 8.01. The zero-order chi connectivity index (χ0) is 15.5. The zero-order valence-corrected chi connectivity index (χ0v) is 13.4. The quantitative estimate of drug-likeness (QED) is 0.809. The van der Waals surface area contributed by atoms with Crippen LogP contribution in [-0.4, -0.2) is 33.2 Å². The van der Waals surface area contributed by atoms with Gasteiger partial charge in [0, 0.05) is 12.2 Å². The van der Waals surface area contributed by atoms with Crippen molar-refractivity contribution in [3.8, 4) is 0 Å². The van der Waals surface area contributed by atoms with E-state index in [4.69, 9.17) is 0 Å². The van der Waals surface area contributed by atoms with Crippen LogP contribution in [0.4, 0.5) is 0 Å². The van der Waals surface area contributed by atoms with E-state index in [1.54, 1.807) is 7.05 Å². The molecule has 2 rings (SSSR count). The Balaban J connectivity index is 2.03. The molecule has 1 atom stereocenters. The number of hydrogen-bond acceptors (Lipinski definition) is 3. The van der Waals surface area contributed by atoms with Crippen LogP contribution in [0.15, 0.2) is 0 Å². The van der Waals surface area contributed by atoms with E-state index in [0.717, 1.165) is 31.6 Å². The minimum absolute atomic E-state index is 0.597. The Morgan fingerprint density at radius 3 is 2.76 bits per heavy atom. The molecule has 1 heterocycles. The van der Waals surface area contributed by atoms with E-state index in [0.29, 0.717) is 12.8 Å². The number of aromatic nitrogens is 2. The van der Waals surface area contributed by atoms with Crippen molar-refractivity contribution in [1.82, 2.24) is 14.9 Å². The fraction of sp³-hybridized carbons (Fsp3) is 0.750. The molecule has 5 heteroatoms. The van der Waals surface area contributed by atoms with Crippen molar-refractivity contribution in [2.24, 2.45) is 0 Å². The SMILES string of the molecule is CCC(CCCn1c(C)nc2c1CCCC2)(NC)C(=O)O. The summed E-state index contributed by atoms with van der Waals surface area (Å²) in [5.74, 6) is 0.320. The first-order valence-electron chi connectivity index (χ1n) is 8.01. The number of imidazole rings is 1. The fourth-order valence-electron chi connectivity index (χ4n) is 3.41. The third-order valence-corrected chi connectivity index (χ3v) is 4.90. The molecule has 0 amide bonds. The summed E-state index contributed by atoms with van der Waals surface area (Å²) in [6.07, 6.45) is 6.77. The number of nitrogens with zero attached hydrogens (tertiary/aromatic N) is 2. The highest BCUT2D eigenvalue weighted by Crippen LogP contribution is 2.24. The second kappa shape index (κ2) is 6.60. The molecule has 0 saturated heterocycles. The maximum absolute atomic E-state index is 11.5. The van der Waals surface area contributed by atoms with E-state index in [1.165, 1.54) is 24.2 Å². The highest BCUT2D eigenvalue weighted by atomic mass is 16.4. The summed E-state index contributed by atoms with van der Waals surface area (Å²) in [4.78, 5) is 16.2. The molecule has 0 saturated carbocycles. The van der Waals surface area contributed by atoms with Crippen LogP contribution in [0, 0.1) is 6.92 Å². The molecule has 5 nitrogen and oxygen atoms in total. The summed E-state index contributed by atoms with van der Waals surface area (Å²) < 4.78 is 2.30. The van der Waals surface area contributed by atoms with Gasteiger partial charge in [-0.3, -0.25) is 4.79 Å². The highest BCUT2D eigenvalue weighted by molar-refractivity contribution is 5.78. The molecule has 1 aromatic heterocycles. The molecule has 1 aromatic rings. The van der Waals surface area contributed by atoms with Crippen LogP contribution in [-0.2, 0) is 24.2 Å². The van der Waals surface area contributed by atoms with Crippen molar-refractivity contribution in [1.29, 1.82) is 0 Å². The fourth-order valence-corrected chi connectivity index (χ4v) is 3.41. The molecule has 21 heavy (non-hydrogen) atoms. The molecule has 0 aliphatic heterocycles. The number of fused-ring (bicyclic) bond motifs is 1. The third-order valence-electron chi connectivity index (χ3n) is 4.90. The van der Waals surface area contributed by atoms with Crippen molar-refractivity contribution >= 4 is 5.97 Å². The summed E-state index contributed by atoms with van der Waals surface area (Å²) in [6.45, 7) is 4.85. The molecule has 0 bridgehead atoms. The number of carboxylic acid groups (broad SMARTS) is 1. The van der Waals surface area contributed by atoms with E-state index in [2.05, 4.69) is 21.8 Å². The van der Waals surface area contributed by atoms with Crippen LogP contribution in [0.25, 0.3) is 0 Å². The second-order valence-corrected chi connectivity index (χ2v) is 6.01. The van der Waals surface area contributed by atoms with E-state index < -0.39 is 11.5 Å². The molecule has 0 aromatic carbocycles. The molecule has 2 N–H and O–H groups in total. The number of rotatable bonds is 7. The van der Waals surface area contributed by atoms with Gasteiger partial charge in [0.1, 0.15) is 11.4 Å². The van der Waals surface area contributed by atoms with Crippen LogP contribution in [0.5, 0.6) is 0 Å². The van der Waals surface area contributed by atoms with Gasteiger partial charge in [-0.1, -0.05) is 6.92 Å². The van der Waals surface area contributed by atoms with Crippen molar-refractivity contribution in [2.75, 3.05) is 7.05 Å². The number of aliphatic carboxylic acids is 1. The van der Waals surface area contributed by atoms with Crippen LogP contribution < -0.4 is 5.32 Å². The van der Waals surface area contributed by atoms with Gasteiger partial charge in [-0.15, -0.1) is 0 Å². The molecule has 1 aliphatic rings. The van der Waals surface area contributed by atoms with Crippen LogP contribution in [0.3, 0.4) is 0 Å². The normalized spacial score (nSPS) is 17.3. The molecular formula is C16H27N3O2. The van der Waals surface area contributed by atoms with Gasteiger partial charge in [0.25, 0.3) is 0 Å². The molecule has 1 aliphatic carbocycles. The lowest BCUT2D eigenvalue weighted by Gasteiger charge is -2.28. The smallest absolute Gasteiger partial charge is 0.323 e. The summed E-state index contributed by atoms with van der Waals surface area (Å²) in [6, 6.07) is 0. The minimum atomic E-state index is -0.797. The third kappa shape index (κ3) is 3.12. The standard InChI is InChI=1S/C16H27N3O2/c1-4-16(17-3,15(20)21)10-7-11-19-12(2)18-13-8-5-6-9-14(13)19/h17H,4-11H2,1-3H3,(H,20,21). The molecule has 0 fully saturated rings. The Hall–Kier alpha value is -1.36. The number of likely N-dealkylation sites (N-methyl/N-ethyl adjacent to an activating group) is 1.